The first-order valence-corrected chi connectivity index (χ1v) is 7.18. The number of rotatable bonds is 1. The van der Waals surface area contributed by atoms with Gasteiger partial charge < -0.3 is 5.73 Å². The minimum atomic E-state index is 0.841. The van der Waals surface area contributed by atoms with E-state index in [1.54, 1.807) is 0 Å². The molecule has 0 aliphatic rings. The van der Waals surface area contributed by atoms with E-state index in [1.165, 1.54) is 5.39 Å². The molecule has 0 saturated heterocycles. The van der Waals surface area contributed by atoms with Crippen LogP contribution in [0.5, 0.6) is 0 Å². The Morgan fingerprint density at radius 1 is 1.16 bits per heavy atom. The van der Waals surface area contributed by atoms with Crippen molar-refractivity contribution in [3.8, 4) is 0 Å². The van der Waals surface area contributed by atoms with E-state index in [4.69, 9.17) is 10.7 Å². The Balaban J connectivity index is 2.58. The summed E-state index contributed by atoms with van der Waals surface area (Å²) in [6, 6.07) is 10.4. The average molecular weight is 315 g/mol. The number of nitrogen functional groups attached to an aromatic ring is 1. The summed E-state index contributed by atoms with van der Waals surface area (Å²) in [4.78, 5) is 4.82. The number of anilines is 1. The topological polar surface area (TPSA) is 38.9 Å². The number of aromatic nitrogens is 1. The molecule has 2 N–H and O–H groups in total. The summed E-state index contributed by atoms with van der Waals surface area (Å²) in [5.74, 6) is 0. The van der Waals surface area contributed by atoms with Crippen LogP contribution in [0.15, 0.2) is 34.8 Å². The van der Waals surface area contributed by atoms with E-state index in [0.717, 1.165) is 44.1 Å². The highest BCUT2D eigenvalue weighted by molar-refractivity contribution is 9.10. The Labute approximate surface area is 120 Å². The fourth-order valence-corrected chi connectivity index (χ4v) is 3.14. The first-order chi connectivity index (χ1) is 9.13. The number of pyridine rings is 1. The first kappa shape index (κ1) is 12.4. The molecule has 0 spiro atoms. The second-order valence-electron chi connectivity index (χ2n) is 4.75. The van der Waals surface area contributed by atoms with Crippen molar-refractivity contribution in [1.82, 2.24) is 4.98 Å². The first-order valence-electron chi connectivity index (χ1n) is 6.39. The van der Waals surface area contributed by atoms with Gasteiger partial charge in [0.05, 0.1) is 5.52 Å². The molecular formula is C16H15BrN2. The van der Waals surface area contributed by atoms with Crippen LogP contribution in [0.1, 0.15) is 18.2 Å². The van der Waals surface area contributed by atoms with Crippen LogP contribution >= 0.6 is 15.9 Å². The molecule has 96 valence electrons. The number of benzene rings is 2. The minimum Gasteiger partial charge on any atom is -0.398 e. The number of halogens is 1. The highest BCUT2D eigenvalue weighted by Gasteiger charge is 2.12. The predicted molar refractivity (Wildman–Crippen MR) is 85.5 cm³/mol. The molecule has 1 heterocycles. The number of aryl methyl sites for hydroxylation is 1. The summed E-state index contributed by atoms with van der Waals surface area (Å²) in [5.41, 5.74) is 10.3. The van der Waals surface area contributed by atoms with Gasteiger partial charge in [-0.15, -0.1) is 0 Å². The molecule has 2 nitrogen and oxygen atoms in total. The van der Waals surface area contributed by atoms with Crippen LogP contribution < -0.4 is 5.73 Å². The third-order valence-electron chi connectivity index (χ3n) is 3.67. The summed E-state index contributed by atoms with van der Waals surface area (Å²) in [7, 11) is 0. The molecule has 3 rings (SSSR count). The van der Waals surface area contributed by atoms with Crippen LogP contribution in [0.2, 0.25) is 0 Å². The normalized spacial score (nSPS) is 11.3. The van der Waals surface area contributed by atoms with Crippen molar-refractivity contribution >= 4 is 43.3 Å². The molecule has 0 fully saturated rings. The van der Waals surface area contributed by atoms with Crippen molar-refractivity contribution in [1.29, 1.82) is 0 Å². The van der Waals surface area contributed by atoms with E-state index in [-0.39, 0.29) is 0 Å². The molecule has 19 heavy (non-hydrogen) atoms. The Hall–Kier alpha value is -1.61. The molecule has 3 aromatic rings. The number of nitrogens with two attached hydrogens (primary N) is 1. The maximum atomic E-state index is 6.29. The van der Waals surface area contributed by atoms with Gasteiger partial charge in [-0.3, -0.25) is 4.98 Å². The third kappa shape index (κ3) is 1.80. The molecule has 3 heteroatoms. The molecule has 0 atom stereocenters. The minimum absolute atomic E-state index is 0.841. The average Bonchev–Trinajstić information content (AvgIpc) is 2.44. The third-order valence-corrected chi connectivity index (χ3v) is 4.33. The predicted octanol–water partition coefficient (Wildman–Crippen LogP) is 4.60. The Kier molecular flexibility index (Phi) is 2.94. The van der Waals surface area contributed by atoms with Gasteiger partial charge in [0.15, 0.2) is 0 Å². The highest BCUT2D eigenvalue weighted by atomic mass is 79.9. The van der Waals surface area contributed by atoms with Crippen LogP contribution in [-0.4, -0.2) is 4.98 Å². The molecular weight excluding hydrogens is 300 g/mol. The van der Waals surface area contributed by atoms with E-state index in [9.17, 15) is 0 Å². The lowest BCUT2D eigenvalue weighted by molar-refractivity contribution is 1.03. The van der Waals surface area contributed by atoms with E-state index >= 15 is 0 Å². The maximum Gasteiger partial charge on any atom is 0.0805 e. The molecule has 0 radical (unpaired) electrons. The molecule has 0 saturated carbocycles. The lowest BCUT2D eigenvalue weighted by atomic mass is 10.0. The molecule has 0 aliphatic carbocycles. The smallest absolute Gasteiger partial charge is 0.0805 e. The second kappa shape index (κ2) is 4.49. The summed E-state index contributed by atoms with van der Waals surface area (Å²) in [6.45, 7) is 4.16. The molecule has 0 unspecified atom stereocenters. The summed E-state index contributed by atoms with van der Waals surface area (Å²) >= 11 is 3.63. The zero-order valence-corrected chi connectivity index (χ0v) is 12.6. The van der Waals surface area contributed by atoms with Crippen LogP contribution in [0.25, 0.3) is 21.7 Å². The molecule has 0 bridgehead atoms. The summed E-state index contributed by atoms with van der Waals surface area (Å²) < 4.78 is 1.06. The van der Waals surface area contributed by atoms with E-state index in [2.05, 4.69) is 41.1 Å². The van der Waals surface area contributed by atoms with E-state index < -0.39 is 0 Å². The lowest BCUT2D eigenvalue weighted by Gasteiger charge is -2.13. The van der Waals surface area contributed by atoms with Gasteiger partial charge in [0, 0.05) is 26.6 Å². The SMILES string of the molecule is CCc1nc2c(cc(Br)c3ccccc32)c(N)c1C. The zero-order valence-electron chi connectivity index (χ0n) is 11.0. The van der Waals surface area contributed by atoms with Gasteiger partial charge in [-0.25, -0.2) is 0 Å². The van der Waals surface area contributed by atoms with Gasteiger partial charge in [0.1, 0.15) is 0 Å². The van der Waals surface area contributed by atoms with Crippen molar-refractivity contribution in [2.75, 3.05) is 5.73 Å². The van der Waals surface area contributed by atoms with Crippen LogP contribution in [0.3, 0.4) is 0 Å². The Morgan fingerprint density at radius 3 is 2.53 bits per heavy atom. The summed E-state index contributed by atoms with van der Waals surface area (Å²) in [6.07, 6.45) is 0.899. The Bertz CT molecular complexity index is 794. The van der Waals surface area contributed by atoms with Crippen molar-refractivity contribution in [3.63, 3.8) is 0 Å². The Morgan fingerprint density at radius 2 is 1.84 bits per heavy atom. The molecule has 0 amide bonds. The van der Waals surface area contributed by atoms with Crippen molar-refractivity contribution in [2.45, 2.75) is 20.3 Å². The second-order valence-corrected chi connectivity index (χ2v) is 5.61. The van der Waals surface area contributed by atoms with Gasteiger partial charge in [-0.1, -0.05) is 47.1 Å². The largest absolute Gasteiger partial charge is 0.398 e. The van der Waals surface area contributed by atoms with Crippen molar-refractivity contribution in [2.24, 2.45) is 0 Å². The highest BCUT2D eigenvalue weighted by Crippen LogP contribution is 2.35. The number of hydrogen-bond acceptors (Lipinski definition) is 2. The fraction of sp³-hybridized carbons (Fsp3) is 0.188. The number of hydrogen-bond donors (Lipinski definition) is 1. The standard InChI is InChI=1S/C16H15BrN2/c1-3-14-9(2)15(18)12-8-13(17)10-6-4-5-7-11(10)16(12)19-14/h4-8H,3H2,1-2H3,(H2,18,19). The quantitative estimate of drug-likeness (QED) is 0.666. The van der Waals surface area contributed by atoms with E-state index in [1.807, 2.05) is 19.1 Å². The lowest BCUT2D eigenvalue weighted by Crippen LogP contribution is -2.00. The summed E-state index contributed by atoms with van der Waals surface area (Å²) in [5, 5.41) is 3.35. The van der Waals surface area contributed by atoms with Gasteiger partial charge in [0.25, 0.3) is 0 Å². The molecule has 1 aromatic heterocycles. The van der Waals surface area contributed by atoms with Crippen molar-refractivity contribution in [3.05, 3.63) is 46.1 Å². The van der Waals surface area contributed by atoms with Gasteiger partial charge in [0.2, 0.25) is 0 Å². The molecule has 0 aliphatic heterocycles. The van der Waals surface area contributed by atoms with Gasteiger partial charge in [-0.05, 0) is 30.4 Å². The zero-order chi connectivity index (χ0) is 13.6. The van der Waals surface area contributed by atoms with Gasteiger partial charge >= 0.3 is 0 Å². The number of fused-ring (bicyclic) bond motifs is 3. The fourth-order valence-electron chi connectivity index (χ4n) is 2.56. The number of nitrogens with zero attached hydrogens (tertiary/aromatic N) is 1. The van der Waals surface area contributed by atoms with Gasteiger partial charge in [-0.2, -0.15) is 0 Å². The van der Waals surface area contributed by atoms with E-state index in [0.29, 0.717) is 0 Å². The van der Waals surface area contributed by atoms with Crippen LogP contribution in [-0.2, 0) is 6.42 Å². The van der Waals surface area contributed by atoms with Crippen LogP contribution in [0, 0.1) is 6.92 Å². The monoisotopic (exact) mass is 314 g/mol. The van der Waals surface area contributed by atoms with Crippen molar-refractivity contribution < 1.29 is 0 Å². The molecule has 2 aromatic carbocycles. The van der Waals surface area contributed by atoms with Crippen LogP contribution in [0.4, 0.5) is 5.69 Å². The maximum absolute atomic E-state index is 6.29.